The average Bonchev–Trinajstić information content (AvgIpc) is 3.07. The third-order valence-corrected chi connectivity index (χ3v) is 3.94. The van der Waals surface area contributed by atoms with E-state index in [9.17, 15) is 9.18 Å². The van der Waals surface area contributed by atoms with Crippen LogP contribution >= 0.6 is 11.5 Å². The van der Waals surface area contributed by atoms with Crippen molar-refractivity contribution in [2.75, 3.05) is 5.32 Å². The first-order valence-corrected chi connectivity index (χ1v) is 8.31. The third kappa shape index (κ3) is 4.13. The zero-order valence-electron chi connectivity index (χ0n) is 13.3. The number of aryl methyl sites for hydroxylation is 1. The van der Waals surface area contributed by atoms with Crippen LogP contribution in [0.1, 0.15) is 28.7 Å². The minimum Gasteiger partial charge on any atom is -0.421 e. The summed E-state index contributed by atoms with van der Waals surface area (Å²) < 4.78 is 22.6. The van der Waals surface area contributed by atoms with Crippen LogP contribution in [-0.4, -0.2) is 25.5 Å². The smallest absolute Gasteiger partial charge is 0.322 e. The number of rotatable bonds is 6. The molecule has 0 unspecified atom stereocenters. The van der Waals surface area contributed by atoms with Gasteiger partial charge in [-0.15, -0.1) is 5.10 Å². The van der Waals surface area contributed by atoms with Gasteiger partial charge in [-0.05, 0) is 30.1 Å². The van der Waals surface area contributed by atoms with Gasteiger partial charge < -0.3 is 10.1 Å². The van der Waals surface area contributed by atoms with Gasteiger partial charge in [-0.25, -0.2) is 14.4 Å². The van der Waals surface area contributed by atoms with Gasteiger partial charge in [0.1, 0.15) is 4.88 Å². The van der Waals surface area contributed by atoms with Crippen molar-refractivity contribution in [1.82, 2.24) is 19.6 Å². The summed E-state index contributed by atoms with van der Waals surface area (Å²) in [5.41, 5.74) is 1.06. The van der Waals surface area contributed by atoms with E-state index >= 15 is 0 Å². The number of nitrogens with one attached hydrogen (secondary N) is 1. The molecule has 1 aromatic carbocycles. The van der Waals surface area contributed by atoms with Crippen LogP contribution in [0, 0.1) is 5.82 Å². The summed E-state index contributed by atoms with van der Waals surface area (Å²) in [4.78, 5) is 20.7. The number of nitrogens with zero attached hydrogens (tertiary/aromatic N) is 4. The Hall–Kier alpha value is -2.94. The van der Waals surface area contributed by atoms with E-state index in [2.05, 4.69) is 24.9 Å². The first kappa shape index (κ1) is 16.9. The summed E-state index contributed by atoms with van der Waals surface area (Å²) in [5, 5.41) is 6.64. The molecule has 7 nitrogen and oxygen atoms in total. The van der Waals surface area contributed by atoms with Crippen molar-refractivity contribution in [3.05, 3.63) is 53.0 Å². The fraction of sp³-hybridized carbons (Fsp3) is 0.188. The molecule has 2 aromatic heterocycles. The fourth-order valence-electron chi connectivity index (χ4n) is 2.03. The third-order valence-electron chi connectivity index (χ3n) is 3.17. The predicted molar refractivity (Wildman–Crippen MR) is 90.4 cm³/mol. The first-order valence-electron chi connectivity index (χ1n) is 7.54. The molecule has 0 saturated heterocycles. The van der Waals surface area contributed by atoms with E-state index < -0.39 is 5.82 Å². The highest BCUT2D eigenvalue weighted by Gasteiger charge is 2.16. The molecule has 0 fully saturated rings. The van der Waals surface area contributed by atoms with E-state index in [1.165, 1.54) is 24.5 Å². The molecular weight excluding hydrogens is 345 g/mol. The van der Waals surface area contributed by atoms with Crippen molar-refractivity contribution in [3.8, 4) is 11.8 Å². The lowest BCUT2D eigenvalue weighted by molar-refractivity contribution is 0.102. The van der Waals surface area contributed by atoms with E-state index in [-0.39, 0.29) is 17.7 Å². The highest BCUT2D eigenvalue weighted by Crippen LogP contribution is 2.21. The lowest BCUT2D eigenvalue weighted by Gasteiger charge is -2.06. The van der Waals surface area contributed by atoms with Gasteiger partial charge in [0.05, 0.1) is 23.8 Å². The monoisotopic (exact) mass is 359 g/mol. The molecule has 9 heteroatoms. The van der Waals surface area contributed by atoms with Crippen molar-refractivity contribution in [1.29, 1.82) is 0 Å². The molecule has 0 aliphatic heterocycles. The second-order valence-corrected chi connectivity index (χ2v) is 5.79. The number of halogens is 1. The quantitative estimate of drug-likeness (QED) is 0.725. The molecule has 0 aliphatic rings. The lowest BCUT2D eigenvalue weighted by Crippen LogP contribution is -2.13. The van der Waals surface area contributed by atoms with Gasteiger partial charge in [-0.2, -0.15) is 0 Å². The van der Waals surface area contributed by atoms with Crippen molar-refractivity contribution >= 4 is 23.1 Å². The van der Waals surface area contributed by atoms with Crippen molar-refractivity contribution in [3.63, 3.8) is 0 Å². The van der Waals surface area contributed by atoms with Gasteiger partial charge >= 0.3 is 6.01 Å². The molecule has 1 amide bonds. The molecule has 25 heavy (non-hydrogen) atoms. The minimum absolute atomic E-state index is 0.0192. The molecule has 128 valence electrons. The number of aromatic nitrogens is 4. The maximum atomic E-state index is 13.5. The average molecular weight is 359 g/mol. The van der Waals surface area contributed by atoms with Gasteiger partial charge in [-0.1, -0.05) is 30.0 Å². The van der Waals surface area contributed by atoms with Crippen LogP contribution in [0.4, 0.5) is 10.1 Å². The lowest BCUT2D eigenvalue weighted by atomic mass is 10.2. The number of amides is 1. The van der Waals surface area contributed by atoms with Crippen LogP contribution in [0.3, 0.4) is 0 Å². The Labute approximate surface area is 147 Å². The fourth-order valence-corrected chi connectivity index (χ4v) is 2.63. The van der Waals surface area contributed by atoms with Gasteiger partial charge in [-0.3, -0.25) is 4.79 Å². The molecule has 2 heterocycles. The van der Waals surface area contributed by atoms with E-state index in [4.69, 9.17) is 4.74 Å². The summed E-state index contributed by atoms with van der Waals surface area (Å²) in [6.07, 6.45) is 4.33. The number of ether oxygens (including phenoxy) is 1. The highest BCUT2D eigenvalue weighted by atomic mass is 32.1. The van der Waals surface area contributed by atoms with Gasteiger partial charge in [0, 0.05) is 0 Å². The Kier molecular flexibility index (Phi) is 5.24. The molecule has 3 aromatic rings. The molecule has 1 N–H and O–H groups in total. The van der Waals surface area contributed by atoms with E-state index in [1.807, 2.05) is 6.92 Å². The Balaban J connectivity index is 1.67. The molecule has 0 bridgehead atoms. The van der Waals surface area contributed by atoms with Crippen LogP contribution in [0.15, 0.2) is 36.7 Å². The number of para-hydroxylation sites is 1. The van der Waals surface area contributed by atoms with E-state index in [1.54, 1.807) is 12.1 Å². The maximum absolute atomic E-state index is 13.5. The summed E-state index contributed by atoms with van der Waals surface area (Å²) in [6.45, 7) is 2.00. The number of anilines is 1. The summed E-state index contributed by atoms with van der Waals surface area (Å²) in [7, 11) is 0. The summed E-state index contributed by atoms with van der Waals surface area (Å²) >= 11 is 1.04. The molecule has 0 radical (unpaired) electrons. The van der Waals surface area contributed by atoms with E-state index in [0.29, 0.717) is 22.7 Å². The van der Waals surface area contributed by atoms with Crippen molar-refractivity contribution in [2.24, 2.45) is 0 Å². The zero-order valence-corrected chi connectivity index (χ0v) is 14.1. The van der Waals surface area contributed by atoms with Crippen molar-refractivity contribution in [2.45, 2.75) is 19.8 Å². The van der Waals surface area contributed by atoms with Crippen LogP contribution in [0.25, 0.3) is 0 Å². The first-order chi connectivity index (χ1) is 12.2. The second-order valence-electron chi connectivity index (χ2n) is 5.04. The van der Waals surface area contributed by atoms with Crippen LogP contribution in [0.5, 0.6) is 11.8 Å². The molecule has 0 atom stereocenters. The SMILES string of the molecule is CCCc1nnsc1C(=O)Nc1cnc(Oc2ccccc2F)nc1. The normalized spacial score (nSPS) is 10.5. The van der Waals surface area contributed by atoms with Gasteiger partial charge in [0.25, 0.3) is 5.91 Å². The van der Waals surface area contributed by atoms with Crippen LogP contribution in [0.2, 0.25) is 0 Å². The Morgan fingerprint density at radius 2 is 2.04 bits per heavy atom. The predicted octanol–water partition coefficient (Wildman–Crippen LogP) is 3.46. The summed E-state index contributed by atoms with van der Waals surface area (Å²) in [6, 6.07) is 5.93. The molecular formula is C16H14FN5O2S. The van der Waals surface area contributed by atoms with Crippen LogP contribution in [-0.2, 0) is 6.42 Å². The summed E-state index contributed by atoms with van der Waals surface area (Å²) in [5.74, 6) is -0.798. The molecule has 3 rings (SSSR count). The second kappa shape index (κ2) is 7.75. The molecule has 0 saturated carbocycles. The standard InChI is InChI=1S/C16H14FN5O2S/c1-2-5-12-14(25-22-21-12)15(23)20-10-8-18-16(19-9-10)24-13-7-4-3-6-11(13)17/h3-4,6-9H,2,5H2,1H3,(H,20,23). The number of carbonyl (C=O) groups is 1. The van der Waals surface area contributed by atoms with Gasteiger partial charge in [0.2, 0.25) is 0 Å². The van der Waals surface area contributed by atoms with Crippen LogP contribution < -0.4 is 10.1 Å². The number of hydrogen-bond acceptors (Lipinski definition) is 7. The Bertz CT molecular complexity index is 869. The van der Waals surface area contributed by atoms with E-state index in [0.717, 1.165) is 18.0 Å². The number of hydrogen-bond donors (Lipinski definition) is 1. The topological polar surface area (TPSA) is 89.9 Å². The zero-order chi connectivity index (χ0) is 17.6. The molecule has 0 aliphatic carbocycles. The highest BCUT2D eigenvalue weighted by molar-refractivity contribution is 7.08. The van der Waals surface area contributed by atoms with Gasteiger partial charge in [0.15, 0.2) is 11.6 Å². The number of benzene rings is 1. The number of carbonyl (C=O) groups excluding carboxylic acids is 1. The minimum atomic E-state index is -0.510. The Morgan fingerprint density at radius 3 is 2.76 bits per heavy atom. The maximum Gasteiger partial charge on any atom is 0.322 e. The largest absolute Gasteiger partial charge is 0.421 e. The van der Waals surface area contributed by atoms with Crippen molar-refractivity contribution < 1.29 is 13.9 Å². The molecule has 0 spiro atoms. The Morgan fingerprint density at radius 1 is 1.28 bits per heavy atom.